The van der Waals surface area contributed by atoms with E-state index in [9.17, 15) is 22.4 Å². The van der Waals surface area contributed by atoms with Gasteiger partial charge in [0, 0.05) is 17.3 Å². The molecule has 0 aliphatic carbocycles. The van der Waals surface area contributed by atoms with Crippen LogP contribution >= 0.6 is 0 Å². The summed E-state index contributed by atoms with van der Waals surface area (Å²) in [7, 11) is 0. The fourth-order valence-electron chi connectivity index (χ4n) is 1.55. The first kappa shape index (κ1) is 12.3. The molecule has 0 aliphatic heterocycles. The Bertz CT molecular complexity index is 630. The zero-order valence-electron chi connectivity index (χ0n) is 8.88. The summed E-state index contributed by atoms with van der Waals surface area (Å²) < 4.78 is 51.0. The molecule has 94 valence electrons. The molecule has 1 heterocycles. The summed E-state index contributed by atoms with van der Waals surface area (Å²) in [5, 5.41) is 0. The zero-order valence-corrected chi connectivity index (χ0v) is 8.88. The minimum absolute atomic E-state index is 0.000694. The Hall–Kier alpha value is -2.11. The lowest BCUT2D eigenvalue weighted by Crippen LogP contribution is -2.21. The van der Waals surface area contributed by atoms with Gasteiger partial charge in [0.15, 0.2) is 0 Å². The van der Waals surface area contributed by atoms with Crippen LogP contribution in [0.25, 0.3) is 11.1 Å². The molecule has 0 unspecified atom stereocenters. The van der Waals surface area contributed by atoms with Gasteiger partial charge in [0.1, 0.15) is 11.4 Å². The van der Waals surface area contributed by atoms with E-state index in [2.05, 4.69) is 0 Å². The number of hydrogen-bond acceptors (Lipinski definition) is 1. The maximum absolute atomic E-state index is 13.4. The predicted molar refractivity (Wildman–Crippen MR) is 57.5 cm³/mol. The van der Waals surface area contributed by atoms with Gasteiger partial charge < -0.3 is 4.98 Å². The highest BCUT2D eigenvalue weighted by molar-refractivity contribution is 5.63. The van der Waals surface area contributed by atoms with Gasteiger partial charge in [-0.3, -0.25) is 4.79 Å². The van der Waals surface area contributed by atoms with Crippen molar-refractivity contribution >= 4 is 0 Å². The third-order valence-corrected chi connectivity index (χ3v) is 2.39. The van der Waals surface area contributed by atoms with Crippen molar-refractivity contribution in [3.63, 3.8) is 0 Å². The Morgan fingerprint density at radius 3 is 2.39 bits per heavy atom. The minimum Gasteiger partial charge on any atom is -0.328 e. The average molecular weight is 257 g/mol. The van der Waals surface area contributed by atoms with Crippen molar-refractivity contribution in [2.24, 2.45) is 0 Å². The van der Waals surface area contributed by atoms with E-state index in [0.717, 1.165) is 12.3 Å². The highest BCUT2D eigenvalue weighted by atomic mass is 19.4. The molecule has 0 atom stereocenters. The van der Waals surface area contributed by atoms with Gasteiger partial charge in [-0.05, 0) is 12.1 Å². The fraction of sp³-hybridized carbons (Fsp3) is 0.0833. The summed E-state index contributed by atoms with van der Waals surface area (Å²) in [6, 6.07) is 6.03. The normalized spacial score (nSPS) is 11.6. The number of pyridine rings is 1. The maximum atomic E-state index is 13.4. The largest absolute Gasteiger partial charge is 0.421 e. The van der Waals surface area contributed by atoms with Gasteiger partial charge in [-0.1, -0.05) is 18.2 Å². The van der Waals surface area contributed by atoms with E-state index in [-0.39, 0.29) is 11.1 Å². The van der Waals surface area contributed by atoms with Crippen LogP contribution in [0.5, 0.6) is 0 Å². The minimum atomic E-state index is -4.77. The van der Waals surface area contributed by atoms with Crippen molar-refractivity contribution in [2.75, 3.05) is 0 Å². The number of aromatic nitrogens is 1. The molecule has 1 N–H and O–H groups in total. The molecule has 0 saturated heterocycles. The van der Waals surface area contributed by atoms with Gasteiger partial charge >= 0.3 is 6.18 Å². The third kappa shape index (κ3) is 2.27. The number of rotatable bonds is 1. The molecule has 0 bridgehead atoms. The Morgan fingerprint density at radius 1 is 1.11 bits per heavy atom. The van der Waals surface area contributed by atoms with E-state index in [1.807, 2.05) is 4.98 Å². The van der Waals surface area contributed by atoms with Crippen molar-refractivity contribution in [2.45, 2.75) is 6.18 Å². The number of aromatic amines is 1. The third-order valence-electron chi connectivity index (χ3n) is 2.39. The molecule has 18 heavy (non-hydrogen) atoms. The summed E-state index contributed by atoms with van der Waals surface area (Å²) in [5.41, 5.74) is -2.62. The Balaban J connectivity index is 2.62. The molecule has 2 nitrogen and oxygen atoms in total. The van der Waals surface area contributed by atoms with Crippen LogP contribution in [-0.4, -0.2) is 4.98 Å². The standard InChI is InChI=1S/C12H7F4NO/c13-10-4-2-1-3-8(10)7-5-9(12(14,15)16)11(18)17-6-7/h1-6H,(H,17,18). The first-order valence-corrected chi connectivity index (χ1v) is 4.94. The van der Waals surface area contributed by atoms with Crippen LogP contribution in [0.1, 0.15) is 5.56 Å². The van der Waals surface area contributed by atoms with Crippen LogP contribution in [0.15, 0.2) is 41.3 Å². The summed E-state index contributed by atoms with van der Waals surface area (Å²) in [6.45, 7) is 0. The van der Waals surface area contributed by atoms with Crippen LogP contribution in [0.4, 0.5) is 17.6 Å². The fourth-order valence-corrected chi connectivity index (χ4v) is 1.55. The van der Waals surface area contributed by atoms with E-state index in [1.54, 1.807) is 0 Å². The molecule has 0 fully saturated rings. The van der Waals surface area contributed by atoms with Gasteiger partial charge in [0.2, 0.25) is 0 Å². The van der Waals surface area contributed by atoms with E-state index in [1.165, 1.54) is 18.2 Å². The molecule has 2 rings (SSSR count). The predicted octanol–water partition coefficient (Wildman–Crippen LogP) is 3.20. The molecule has 0 aliphatic rings. The quantitative estimate of drug-likeness (QED) is 0.782. The van der Waals surface area contributed by atoms with Crippen LogP contribution in [0.2, 0.25) is 0 Å². The van der Waals surface area contributed by atoms with Gasteiger partial charge in [0.05, 0.1) is 0 Å². The van der Waals surface area contributed by atoms with Crippen molar-refractivity contribution in [1.29, 1.82) is 0 Å². The van der Waals surface area contributed by atoms with Crippen molar-refractivity contribution < 1.29 is 17.6 Å². The van der Waals surface area contributed by atoms with E-state index in [0.29, 0.717) is 6.07 Å². The van der Waals surface area contributed by atoms with Gasteiger partial charge in [-0.25, -0.2) is 4.39 Å². The second-order valence-corrected chi connectivity index (χ2v) is 3.61. The lowest BCUT2D eigenvalue weighted by Gasteiger charge is -2.08. The molecule has 0 saturated carbocycles. The Kier molecular flexibility index (Phi) is 2.94. The van der Waals surface area contributed by atoms with E-state index in [4.69, 9.17) is 0 Å². The van der Waals surface area contributed by atoms with Crippen LogP contribution in [0.3, 0.4) is 0 Å². The van der Waals surface area contributed by atoms with Crippen molar-refractivity contribution in [3.8, 4) is 11.1 Å². The van der Waals surface area contributed by atoms with Gasteiger partial charge in [-0.2, -0.15) is 13.2 Å². The average Bonchev–Trinajstić information content (AvgIpc) is 2.29. The number of alkyl halides is 3. The first-order chi connectivity index (χ1) is 8.39. The number of benzene rings is 1. The summed E-state index contributed by atoms with van der Waals surface area (Å²) in [4.78, 5) is 13.0. The Morgan fingerprint density at radius 2 is 1.78 bits per heavy atom. The van der Waals surface area contributed by atoms with Crippen molar-refractivity contribution in [1.82, 2.24) is 4.98 Å². The number of H-pyrrole nitrogens is 1. The number of nitrogens with one attached hydrogen (secondary N) is 1. The van der Waals surface area contributed by atoms with Crippen LogP contribution in [-0.2, 0) is 6.18 Å². The molecular weight excluding hydrogens is 250 g/mol. The summed E-state index contributed by atoms with van der Waals surface area (Å²) in [5.74, 6) is -0.655. The highest BCUT2D eigenvalue weighted by Crippen LogP contribution is 2.29. The maximum Gasteiger partial charge on any atom is 0.421 e. The first-order valence-electron chi connectivity index (χ1n) is 4.94. The summed E-state index contributed by atoms with van der Waals surface area (Å²) >= 11 is 0. The molecule has 0 amide bonds. The molecule has 6 heteroatoms. The summed E-state index contributed by atoms with van der Waals surface area (Å²) in [6.07, 6.45) is -3.72. The van der Waals surface area contributed by atoms with Gasteiger partial charge in [-0.15, -0.1) is 0 Å². The van der Waals surface area contributed by atoms with Crippen LogP contribution in [0, 0.1) is 5.82 Å². The molecule has 1 aromatic carbocycles. The monoisotopic (exact) mass is 257 g/mol. The van der Waals surface area contributed by atoms with E-state index >= 15 is 0 Å². The lowest BCUT2D eigenvalue weighted by atomic mass is 10.1. The molecular formula is C12H7F4NO. The second-order valence-electron chi connectivity index (χ2n) is 3.61. The second kappa shape index (κ2) is 4.29. The molecule has 0 spiro atoms. The van der Waals surface area contributed by atoms with Crippen molar-refractivity contribution in [3.05, 3.63) is 58.3 Å². The number of halogens is 4. The molecule has 2 aromatic rings. The topological polar surface area (TPSA) is 32.9 Å². The van der Waals surface area contributed by atoms with E-state index < -0.39 is 23.1 Å². The SMILES string of the molecule is O=c1[nH]cc(-c2ccccc2F)cc1C(F)(F)F. The lowest BCUT2D eigenvalue weighted by molar-refractivity contribution is -0.138. The molecule has 1 aromatic heterocycles. The van der Waals surface area contributed by atoms with Gasteiger partial charge in [0.25, 0.3) is 5.56 Å². The smallest absolute Gasteiger partial charge is 0.328 e. The number of hydrogen-bond donors (Lipinski definition) is 1. The zero-order chi connectivity index (χ0) is 13.3. The highest BCUT2D eigenvalue weighted by Gasteiger charge is 2.34. The molecule has 0 radical (unpaired) electrons. The Labute approximate surface area is 98.9 Å². The van der Waals surface area contributed by atoms with Crippen LogP contribution < -0.4 is 5.56 Å².